The summed E-state index contributed by atoms with van der Waals surface area (Å²) in [7, 11) is 2.90. The second-order valence-electron chi connectivity index (χ2n) is 5.99. The molecule has 0 saturated heterocycles. The molecule has 2 aromatic heterocycles. The fraction of sp³-hybridized carbons (Fsp3) is 0.235. The summed E-state index contributed by atoms with van der Waals surface area (Å²) < 4.78 is 4.60. The summed E-state index contributed by atoms with van der Waals surface area (Å²) >= 11 is 3.36. The molecular weight excluding hydrogens is 416 g/mol. The summed E-state index contributed by atoms with van der Waals surface area (Å²) in [6.45, 7) is 1.63. The molecular formula is C17H17BrN6O3. The Morgan fingerprint density at radius 3 is 2.52 bits per heavy atom. The molecule has 1 amide bonds. The van der Waals surface area contributed by atoms with E-state index in [9.17, 15) is 14.4 Å². The van der Waals surface area contributed by atoms with Crippen molar-refractivity contribution in [1.82, 2.24) is 24.1 Å². The van der Waals surface area contributed by atoms with Crippen LogP contribution in [0, 0.1) is 0 Å². The number of halogens is 1. The van der Waals surface area contributed by atoms with Gasteiger partial charge in [-0.15, -0.1) is 0 Å². The van der Waals surface area contributed by atoms with Gasteiger partial charge in [0.15, 0.2) is 11.2 Å². The van der Waals surface area contributed by atoms with Crippen molar-refractivity contribution in [2.24, 2.45) is 19.2 Å². The number of hydrazone groups is 1. The van der Waals surface area contributed by atoms with E-state index in [0.717, 1.165) is 14.6 Å². The summed E-state index contributed by atoms with van der Waals surface area (Å²) in [5.74, 6) is -0.415. The highest BCUT2D eigenvalue weighted by molar-refractivity contribution is 9.10. The Morgan fingerprint density at radius 2 is 1.85 bits per heavy atom. The van der Waals surface area contributed by atoms with Gasteiger partial charge in [-0.25, -0.2) is 15.2 Å². The third-order valence-corrected chi connectivity index (χ3v) is 4.67. The Kier molecular flexibility index (Phi) is 5.08. The average Bonchev–Trinajstić information content (AvgIpc) is 3.07. The van der Waals surface area contributed by atoms with Gasteiger partial charge in [0.25, 0.3) is 11.5 Å². The fourth-order valence-corrected chi connectivity index (χ4v) is 2.87. The van der Waals surface area contributed by atoms with Crippen LogP contribution in [0.15, 0.2) is 49.8 Å². The smallest absolute Gasteiger partial charge is 0.315 e. The van der Waals surface area contributed by atoms with E-state index in [1.807, 2.05) is 24.3 Å². The van der Waals surface area contributed by atoms with Crippen molar-refractivity contribution in [3.05, 3.63) is 61.5 Å². The third kappa shape index (κ3) is 3.61. The van der Waals surface area contributed by atoms with Crippen LogP contribution in [0.2, 0.25) is 0 Å². The molecule has 0 saturated carbocycles. The number of fused-ring (bicyclic) bond motifs is 1. The number of rotatable bonds is 4. The van der Waals surface area contributed by atoms with Gasteiger partial charge in [-0.2, -0.15) is 5.10 Å². The lowest BCUT2D eigenvalue weighted by atomic mass is 10.1. The van der Waals surface area contributed by atoms with Crippen molar-refractivity contribution in [1.29, 1.82) is 0 Å². The molecule has 27 heavy (non-hydrogen) atoms. The number of aryl methyl sites for hydroxylation is 1. The maximum atomic E-state index is 12.4. The summed E-state index contributed by atoms with van der Waals surface area (Å²) in [5, 5.41) is 4.09. The van der Waals surface area contributed by atoms with E-state index in [1.54, 1.807) is 6.92 Å². The molecule has 9 nitrogen and oxygen atoms in total. The number of aromatic nitrogens is 4. The normalized spacial score (nSPS) is 11.8. The second-order valence-corrected chi connectivity index (χ2v) is 6.91. The molecule has 140 valence electrons. The molecule has 0 unspecified atom stereocenters. The predicted molar refractivity (Wildman–Crippen MR) is 105 cm³/mol. The van der Waals surface area contributed by atoms with Crippen LogP contribution in [-0.4, -0.2) is 30.3 Å². The van der Waals surface area contributed by atoms with Gasteiger partial charge < -0.3 is 4.57 Å². The summed E-state index contributed by atoms with van der Waals surface area (Å²) in [4.78, 5) is 40.6. The first-order valence-electron chi connectivity index (χ1n) is 7.99. The Labute approximate surface area is 162 Å². The first-order valence-corrected chi connectivity index (χ1v) is 8.79. The number of nitrogens with one attached hydrogen (secondary N) is 1. The second kappa shape index (κ2) is 7.31. The summed E-state index contributed by atoms with van der Waals surface area (Å²) in [5.41, 5.74) is 3.41. The molecule has 3 aromatic rings. The lowest BCUT2D eigenvalue weighted by Gasteiger charge is -2.06. The number of amides is 1. The minimum absolute atomic E-state index is 0.152. The van der Waals surface area contributed by atoms with E-state index in [0.29, 0.717) is 5.71 Å². The Bertz CT molecular complexity index is 1170. The van der Waals surface area contributed by atoms with Crippen LogP contribution < -0.4 is 16.7 Å². The van der Waals surface area contributed by atoms with Crippen molar-refractivity contribution >= 4 is 38.7 Å². The van der Waals surface area contributed by atoms with Gasteiger partial charge in [0, 0.05) is 18.6 Å². The Morgan fingerprint density at radius 1 is 1.19 bits per heavy atom. The highest BCUT2D eigenvalue weighted by Crippen LogP contribution is 2.11. The van der Waals surface area contributed by atoms with E-state index in [4.69, 9.17) is 0 Å². The number of carbonyl (C=O) groups is 1. The van der Waals surface area contributed by atoms with Gasteiger partial charge in [0.2, 0.25) is 0 Å². The fourth-order valence-electron chi connectivity index (χ4n) is 2.61. The first kappa shape index (κ1) is 18.8. The van der Waals surface area contributed by atoms with E-state index >= 15 is 0 Å². The van der Waals surface area contributed by atoms with E-state index in [2.05, 4.69) is 31.4 Å². The van der Waals surface area contributed by atoms with E-state index < -0.39 is 17.2 Å². The highest BCUT2D eigenvalue weighted by atomic mass is 79.9. The van der Waals surface area contributed by atoms with Crippen LogP contribution in [0.5, 0.6) is 0 Å². The van der Waals surface area contributed by atoms with Crippen LogP contribution in [-0.2, 0) is 25.4 Å². The number of nitrogens with zero attached hydrogens (tertiary/aromatic N) is 5. The van der Waals surface area contributed by atoms with Crippen molar-refractivity contribution in [2.75, 3.05) is 0 Å². The topological polar surface area (TPSA) is 103 Å². The summed E-state index contributed by atoms with van der Waals surface area (Å²) in [6.07, 6.45) is 1.36. The monoisotopic (exact) mass is 432 g/mol. The molecule has 3 rings (SSSR count). The maximum absolute atomic E-state index is 12.4. The first-order chi connectivity index (χ1) is 12.8. The van der Waals surface area contributed by atoms with Gasteiger partial charge in [0.1, 0.15) is 6.54 Å². The minimum Gasteiger partial charge on any atom is -0.315 e. The lowest BCUT2D eigenvalue weighted by Crippen LogP contribution is -2.38. The van der Waals surface area contributed by atoms with Crippen LogP contribution in [0.4, 0.5) is 0 Å². The lowest BCUT2D eigenvalue weighted by molar-refractivity contribution is -0.121. The van der Waals surface area contributed by atoms with Gasteiger partial charge in [-0.05, 0) is 24.6 Å². The van der Waals surface area contributed by atoms with Gasteiger partial charge in [0.05, 0.1) is 12.0 Å². The SMILES string of the molecule is C/C(=N/NC(=O)Cn1cnc2c1c(=O)n(C)c(=O)n2C)c1ccc(Br)cc1. The van der Waals surface area contributed by atoms with Crippen LogP contribution in [0.25, 0.3) is 11.2 Å². The predicted octanol–water partition coefficient (Wildman–Crippen LogP) is 0.737. The molecule has 0 bridgehead atoms. The van der Waals surface area contributed by atoms with Crippen LogP contribution in [0.1, 0.15) is 12.5 Å². The van der Waals surface area contributed by atoms with Gasteiger partial charge in [-0.1, -0.05) is 28.1 Å². The van der Waals surface area contributed by atoms with Crippen LogP contribution >= 0.6 is 15.9 Å². The number of imidazole rings is 1. The zero-order valence-electron chi connectivity index (χ0n) is 14.9. The zero-order valence-corrected chi connectivity index (χ0v) is 16.5. The zero-order chi connectivity index (χ0) is 19.7. The quantitative estimate of drug-likeness (QED) is 0.484. The Balaban J connectivity index is 1.83. The number of hydrogen-bond acceptors (Lipinski definition) is 5. The van der Waals surface area contributed by atoms with Crippen molar-refractivity contribution < 1.29 is 4.79 Å². The van der Waals surface area contributed by atoms with E-state index in [1.165, 1.54) is 29.6 Å². The molecule has 10 heteroatoms. The standard InChI is InChI=1S/C17H17BrN6O3/c1-10(11-4-6-12(18)7-5-11)20-21-13(25)8-24-9-19-15-14(24)16(26)23(3)17(27)22(15)2/h4-7,9H,8H2,1-3H3,(H,21,25)/b20-10-. The van der Waals surface area contributed by atoms with Crippen molar-refractivity contribution in [2.45, 2.75) is 13.5 Å². The molecule has 0 aliphatic heterocycles. The third-order valence-electron chi connectivity index (χ3n) is 4.14. The molecule has 0 aliphatic rings. The molecule has 0 atom stereocenters. The molecule has 0 spiro atoms. The van der Waals surface area contributed by atoms with Crippen molar-refractivity contribution in [3.63, 3.8) is 0 Å². The number of hydrogen-bond donors (Lipinski definition) is 1. The molecule has 0 aliphatic carbocycles. The summed E-state index contributed by atoms with van der Waals surface area (Å²) in [6, 6.07) is 7.52. The maximum Gasteiger partial charge on any atom is 0.332 e. The highest BCUT2D eigenvalue weighted by Gasteiger charge is 2.15. The molecule has 1 N–H and O–H groups in total. The molecule has 2 heterocycles. The number of benzene rings is 1. The largest absolute Gasteiger partial charge is 0.332 e. The van der Waals surface area contributed by atoms with Gasteiger partial charge >= 0.3 is 5.69 Å². The van der Waals surface area contributed by atoms with Crippen molar-refractivity contribution in [3.8, 4) is 0 Å². The average molecular weight is 433 g/mol. The van der Waals surface area contributed by atoms with E-state index in [-0.39, 0.29) is 17.7 Å². The minimum atomic E-state index is -0.507. The van der Waals surface area contributed by atoms with Crippen LogP contribution in [0.3, 0.4) is 0 Å². The van der Waals surface area contributed by atoms with Gasteiger partial charge in [-0.3, -0.25) is 18.7 Å². The molecule has 0 radical (unpaired) electrons. The molecule has 0 fully saturated rings. The Hall–Kier alpha value is -3.01. The molecule has 1 aromatic carbocycles. The number of carbonyl (C=O) groups excluding carboxylic acids is 1.